The van der Waals surface area contributed by atoms with Gasteiger partial charge >= 0.3 is 0 Å². The molecule has 0 heterocycles. The second-order valence-corrected chi connectivity index (χ2v) is 7.06. The monoisotopic (exact) mass is 224 g/mol. The van der Waals surface area contributed by atoms with Gasteiger partial charge in [-0.3, -0.25) is 0 Å². The molecule has 3 saturated carbocycles. The van der Waals surface area contributed by atoms with Gasteiger partial charge in [0.25, 0.3) is 0 Å². The van der Waals surface area contributed by atoms with Gasteiger partial charge in [0.2, 0.25) is 0 Å². The van der Waals surface area contributed by atoms with Crippen LogP contribution in [0.1, 0.15) is 58.3 Å². The highest BCUT2D eigenvalue weighted by Gasteiger charge is 2.60. The van der Waals surface area contributed by atoms with E-state index in [9.17, 15) is 10.2 Å². The largest absolute Gasteiger partial charge is 0.396 e. The van der Waals surface area contributed by atoms with Gasteiger partial charge in [0, 0.05) is 6.61 Å². The molecule has 2 bridgehead atoms. The van der Waals surface area contributed by atoms with E-state index < -0.39 is 5.60 Å². The topological polar surface area (TPSA) is 40.5 Å². The second-order valence-electron chi connectivity index (χ2n) is 7.06. The van der Waals surface area contributed by atoms with Gasteiger partial charge in [-0.1, -0.05) is 13.3 Å². The fraction of sp³-hybridized carbons (Fsp3) is 1.00. The van der Waals surface area contributed by atoms with Crippen molar-refractivity contribution in [2.24, 2.45) is 16.7 Å². The van der Waals surface area contributed by atoms with Crippen LogP contribution in [0.4, 0.5) is 0 Å². The van der Waals surface area contributed by atoms with Gasteiger partial charge in [0.05, 0.1) is 5.60 Å². The molecule has 2 heteroatoms. The highest BCUT2D eigenvalue weighted by Crippen LogP contribution is 2.64. The van der Waals surface area contributed by atoms with E-state index in [-0.39, 0.29) is 12.0 Å². The molecule has 0 spiro atoms. The fourth-order valence-electron chi connectivity index (χ4n) is 4.90. The van der Waals surface area contributed by atoms with Gasteiger partial charge in [0.15, 0.2) is 0 Å². The van der Waals surface area contributed by atoms with Crippen LogP contribution in [0.15, 0.2) is 0 Å². The lowest BCUT2D eigenvalue weighted by Crippen LogP contribution is -2.56. The van der Waals surface area contributed by atoms with Crippen molar-refractivity contribution in [2.45, 2.75) is 63.9 Å². The minimum absolute atomic E-state index is 0.0802. The molecule has 4 unspecified atom stereocenters. The van der Waals surface area contributed by atoms with Crippen LogP contribution < -0.4 is 0 Å². The highest BCUT2D eigenvalue weighted by atomic mass is 16.3. The number of fused-ring (bicyclic) bond motifs is 4. The minimum atomic E-state index is -0.454. The number of aliphatic hydroxyl groups excluding tert-OH is 1. The lowest BCUT2D eigenvalue weighted by atomic mass is 9.52. The van der Waals surface area contributed by atoms with Crippen molar-refractivity contribution in [1.82, 2.24) is 0 Å². The average molecular weight is 224 g/mol. The molecule has 0 saturated heterocycles. The maximum Gasteiger partial charge on any atom is 0.0687 e. The summed E-state index contributed by atoms with van der Waals surface area (Å²) >= 11 is 0. The lowest BCUT2D eigenvalue weighted by molar-refractivity contribution is -0.163. The summed E-state index contributed by atoms with van der Waals surface area (Å²) in [6, 6.07) is 0. The van der Waals surface area contributed by atoms with Crippen molar-refractivity contribution in [3.05, 3.63) is 0 Å². The Bertz CT molecular complexity index is 299. The van der Waals surface area contributed by atoms with Crippen molar-refractivity contribution in [3.63, 3.8) is 0 Å². The smallest absolute Gasteiger partial charge is 0.0687 e. The summed E-state index contributed by atoms with van der Waals surface area (Å²) in [5, 5.41) is 20.6. The first kappa shape index (κ1) is 11.0. The van der Waals surface area contributed by atoms with Gasteiger partial charge in [-0.25, -0.2) is 0 Å². The molecule has 2 N–H and O–H groups in total. The van der Waals surface area contributed by atoms with E-state index in [1.165, 1.54) is 19.3 Å². The lowest BCUT2D eigenvalue weighted by Gasteiger charge is -2.55. The molecule has 0 radical (unpaired) electrons. The Morgan fingerprint density at radius 3 is 2.56 bits per heavy atom. The first-order chi connectivity index (χ1) is 7.52. The molecular formula is C14H24O2. The predicted octanol–water partition coefficient (Wildman–Crippen LogP) is 2.48. The van der Waals surface area contributed by atoms with Crippen LogP contribution in [0.25, 0.3) is 0 Å². The molecular weight excluding hydrogens is 200 g/mol. The highest BCUT2D eigenvalue weighted by molar-refractivity contribution is 5.11. The van der Waals surface area contributed by atoms with E-state index in [1.807, 2.05) is 0 Å². The number of rotatable bonds is 1. The van der Waals surface area contributed by atoms with Crippen molar-refractivity contribution in [1.29, 1.82) is 0 Å². The summed E-state index contributed by atoms with van der Waals surface area (Å²) in [5.74, 6) is 0.382. The van der Waals surface area contributed by atoms with E-state index in [4.69, 9.17) is 0 Å². The molecule has 0 aromatic carbocycles. The molecule has 0 aromatic heterocycles. The van der Waals surface area contributed by atoms with Gasteiger partial charge in [0.1, 0.15) is 0 Å². The van der Waals surface area contributed by atoms with Crippen LogP contribution in [-0.4, -0.2) is 22.4 Å². The SMILES string of the molecule is CC12CCCC(O)(C1)C1CCC1(CO)CC2. The molecule has 3 fully saturated rings. The van der Waals surface area contributed by atoms with Crippen molar-refractivity contribution in [2.75, 3.05) is 6.61 Å². The molecule has 3 aliphatic rings. The summed E-state index contributed by atoms with van der Waals surface area (Å²) in [6.45, 7) is 2.63. The average Bonchev–Trinajstić information content (AvgIpc) is 2.19. The van der Waals surface area contributed by atoms with E-state index in [0.29, 0.717) is 11.3 Å². The van der Waals surface area contributed by atoms with Crippen LogP contribution in [0.2, 0.25) is 0 Å². The van der Waals surface area contributed by atoms with Crippen LogP contribution >= 0.6 is 0 Å². The molecule has 0 aromatic rings. The second kappa shape index (κ2) is 3.23. The Balaban J connectivity index is 1.96. The Morgan fingerprint density at radius 2 is 1.94 bits per heavy atom. The first-order valence-corrected chi connectivity index (χ1v) is 6.85. The molecule has 2 nitrogen and oxygen atoms in total. The van der Waals surface area contributed by atoms with E-state index >= 15 is 0 Å². The molecule has 0 aliphatic heterocycles. The Kier molecular flexibility index (Phi) is 2.23. The maximum absolute atomic E-state index is 10.9. The summed E-state index contributed by atoms with van der Waals surface area (Å²) in [4.78, 5) is 0. The Labute approximate surface area is 98.1 Å². The zero-order valence-electron chi connectivity index (χ0n) is 10.3. The summed E-state index contributed by atoms with van der Waals surface area (Å²) < 4.78 is 0. The van der Waals surface area contributed by atoms with Gasteiger partial charge < -0.3 is 10.2 Å². The van der Waals surface area contributed by atoms with Gasteiger partial charge in [-0.15, -0.1) is 0 Å². The van der Waals surface area contributed by atoms with Crippen molar-refractivity contribution >= 4 is 0 Å². The Morgan fingerprint density at radius 1 is 1.12 bits per heavy atom. The van der Waals surface area contributed by atoms with Crippen LogP contribution in [-0.2, 0) is 0 Å². The van der Waals surface area contributed by atoms with Crippen molar-refractivity contribution < 1.29 is 10.2 Å². The molecule has 92 valence electrons. The molecule has 3 rings (SSSR count). The normalized spacial score (nSPS) is 56.1. The van der Waals surface area contributed by atoms with Crippen LogP contribution in [0, 0.1) is 16.7 Å². The van der Waals surface area contributed by atoms with E-state index in [1.54, 1.807) is 0 Å². The standard InChI is InChI=1S/C14H24O2/c1-12-4-2-5-14(16,9-12)11-3-6-13(11,10-15)8-7-12/h11,15-16H,2-10H2,1H3. The number of hydrogen-bond donors (Lipinski definition) is 2. The summed E-state index contributed by atoms with van der Waals surface area (Å²) in [7, 11) is 0. The third-order valence-corrected chi connectivity index (χ3v) is 5.98. The van der Waals surface area contributed by atoms with Crippen LogP contribution in [0.5, 0.6) is 0 Å². The maximum atomic E-state index is 10.9. The quantitative estimate of drug-likeness (QED) is 0.718. The molecule has 3 aliphatic carbocycles. The molecule has 16 heavy (non-hydrogen) atoms. The van der Waals surface area contributed by atoms with Crippen molar-refractivity contribution in [3.8, 4) is 0 Å². The fourth-order valence-corrected chi connectivity index (χ4v) is 4.90. The predicted molar refractivity (Wildman–Crippen MR) is 63.0 cm³/mol. The van der Waals surface area contributed by atoms with E-state index in [0.717, 1.165) is 32.1 Å². The van der Waals surface area contributed by atoms with Crippen LogP contribution in [0.3, 0.4) is 0 Å². The molecule has 4 atom stereocenters. The van der Waals surface area contributed by atoms with Gasteiger partial charge in [-0.2, -0.15) is 0 Å². The summed E-state index contributed by atoms with van der Waals surface area (Å²) in [5.41, 5.74) is -0.0339. The summed E-state index contributed by atoms with van der Waals surface area (Å²) in [6.07, 6.45) is 8.98. The zero-order chi connectivity index (χ0) is 11.4. The molecule has 0 amide bonds. The first-order valence-electron chi connectivity index (χ1n) is 6.85. The Hall–Kier alpha value is -0.0800. The number of hydrogen-bond acceptors (Lipinski definition) is 2. The van der Waals surface area contributed by atoms with E-state index in [2.05, 4.69) is 6.92 Å². The number of aliphatic hydroxyl groups is 2. The van der Waals surface area contributed by atoms with Gasteiger partial charge in [-0.05, 0) is 61.7 Å². The third kappa shape index (κ3) is 1.32. The third-order valence-electron chi connectivity index (χ3n) is 5.98. The zero-order valence-corrected chi connectivity index (χ0v) is 10.3. The minimum Gasteiger partial charge on any atom is -0.396 e.